The molecule has 0 aromatic rings. The molecule has 1 atom stereocenters. The average molecular weight is 229 g/mol. The average Bonchev–Trinajstić information content (AvgIpc) is 2.16. The lowest BCUT2D eigenvalue weighted by Gasteiger charge is -2.13. The highest BCUT2D eigenvalue weighted by Gasteiger charge is 2.09. The number of carboxylic acids is 1. The summed E-state index contributed by atoms with van der Waals surface area (Å²) in [5.41, 5.74) is 0. The maximum Gasteiger partial charge on any atom is 0.313 e. The van der Waals surface area contributed by atoms with Crippen molar-refractivity contribution >= 4 is 23.6 Å². The van der Waals surface area contributed by atoms with Gasteiger partial charge in [-0.15, -0.1) is 24.1 Å². The molecule has 5 heteroatoms. The number of carboxylic acid groups (broad SMARTS) is 1. The Morgan fingerprint density at radius 1 is 1.53 bits per heavy atom. The summed E-state index contributed by atoms with van der Waals surface area (Å²) in [4.78, 5) is 21.5. The van der Waals surface area contributed by atoms with Crippen molar-refractivity contribution in [2.75, 3.05) is 11.5 Å². The van der Waals surface area contributed by atoms with E-state index in [1.807, 2.05) is 6.92 Å². The van der Waals surface area contributed by atoms with Gasteiger partial charge in [-0.25, -0.2) is 0 Å². The van der Waals surface area contributed by atoms with Crippen molar-refractivity contribution in [3.63, 3.8) is 0 Å². The Kier molecular flexibility index (Phi) is 7.56. The predicted molar refractivity (Wildman–Crippen MR) is 60.6 cm³/mol. The van der Waals surface area contributed by atoms with Crippen LogP contribution in [-0.2, 0) is 9.59 Å². The molecule has 84 valence electrons. The molecule has 1 unspecified atom stereocenters. The normalized spacial score (nSPS) is 11.5. The van der Waals surface area contributed by atoms with E-state index in [2.05, 4.69) is 11.2 Å². The van der Waals surface area contributed by atoms with Crippen LogP contribution >= 0.6 is 11.8 Å². The first-order valence-electron chi connectivity index (χ1n) is 4.62. The summed E-state index contributed by atoms with van der Waals surface area (Å²) < 4.78 is 0. The van der Waals surface area contributed by atoms with E-state index in [9.17, 15) is 9.59 Å². The topological polar surface area (TPSA) is 66.4 Å². The molecule has 0 saturated carbocycles. The van der Waals surface area contributed by atoms with Gasteiger partial charge in [-0.05, 0) is 6.42 Å². The summed E-state index contributed by atoms with van der Waals surface area (Å²) in [7, 11) is 0. The van der Waals surface area contributed by atoms with Crippen LogP contribution in [0.3, 0.4) is 0 Å². The molecule has 0 spiro atoms. The van der Waals surface area contributed by atoms with Crippen LogP contribution in [0.4, 0.5) is 0 Å². The number of terminal acetylenes is 1. The van der Waals surface area contributed by atoms with Gasteiger partial charge < -0.3 is 10.4 Å². The van der Waals surface area contributed by atoms with Gasteiger partial charge >= 0.3 is 5.97 Å². The minimum atomic E-state index is -0.913. The molecular weight excluding hydrogens is 214 g/mol. The van der Waals surface area contributed by atoms with Crippen LogP contribution in [0.2, 0.25) is 0 Å². The van der Waals surface area contributed by atoms with Gasteiger partial charge in [-0.1, -0.05) is 6.92 Å². The first-order chi connectivity index (χ1) is 7.10. The second-order valence-corrected chi connectivity index (χ2v) is 3.95. The summed E-state index contributed by atoms with van der Waals surface area (Å²) >= 11 is 1.08. The number of rotatable bonds is 7. The van der Waals surface area contributed by atoms with Crippen LogP contribution < -0.4 is 5.32 Å². The first kappa shape index (κ1) is 13.8. The number of thioether (sulfide) groups is 1. The number of hydrogen-bond donors (Lipinski definition) is 2. The van der Waals surface area contributed by atoms with Gasteiger partial charge in [0.2, 0.25) is 5.91 Å². The molecule has 0 saturated heterocycles. The van der Waals surface area contributed by atoms with Crippen LogP contribution in [0.15, 0.2) is 0 Å². The maximum absolute atomic E-state index is 11.3. The summed E-state index contributed by atoms with van der Waals surface area (Å²) in [6, 6.07) is -0.00655. The highest BCUT2D eigenvalue weighted by molar-refractivity contribution is 8.00. The second-order valence-electron chi connectivity index (χ2n) is 2.97. The van der Waals surface area contributed by atoms with Crippen molar-refractivity contribution < 1.29 is 14.7 Å². The van der Waals surface area contributed by atoms with E-state index in [1.165, 1.54) is 0 Å². The number of hydrogen-bond acceptors (Lipinski definition) is 3. The fraction of sp³-hybridized carbons (Fsp3) is 0.600. The minimum absolute atomic E-state index is 0.00655. The van der Waals surface area contributed by atoms with Crippen LogP contribution in [0.1, 0.15) is 19.8 Å². The molecule has 1 amide bonds. The summed E-state index contributed by atoms with van der Waals surface area (Å²) in [6.07, 6.45) is 6.42. The van der Waals surface area contributed by atoms with Crippen molar-refractivity contribution in [3.8, 4) is 12.3 Å². The number of aliphatic carboxylic acids is 1. The highest BCUT2D eigenvalue weighted by atomic mass is 32.2. The monoisotopic (exact) mass is 229 g/mol. The zero-order valence-corrected chi connectivity index (χ0v) is 9.47. The zero-order valence-electron chi connectivity index (χ0n) is 8.66. The molecule has 2 N–H and O–H groups in total. The molecule has 0 bridgehead atoms. The molecule has 0 radical (unpaired) electrons. The molecule has 0 aromatic carbocycles. The molecule has 0 fully saturated rings. The SMILES string of the molecule is C#CCC(CC)NC(=O)CSCC(=O)O. The smallest absolute Gasteiger partial charge is 0.313 e. The van der Waals surface area contributed by atoms with Crippen LogP contribution in [0.25, 0.3) is 0 Å². The third-order valence-corrected chi connectivity index (χ3v) is 2.60. The van der Waals surface area contributed by atoms with Crippen molar-refractivity contribution in [3.05, 3.63) is 0 Å². The highest BCUT2D eigenvalue weighted by Crippen LogP contribution is 2.01. The Morgan fingerprint density at radius 3 is 2.67 bits per heavy atom. The van der Waals surface area contributed by atoms with Gasteiger partial charge in [0.25, 0.3) is 0 Å². The summed E-state index contributed by atoms with van der Waals surface area (Å²) in [5.74, 6) is 1.51. The molecule has 15 heavy (non-hydrogen) atoms. The lowest BCUT2D eigenvalue weighted by atomic mass is 10.1. The molecule has 4 nitrogen and oxygen atoms in total. The summed E-state index contributed by atoms with van der Waals surface area (Å²) in [6.45, 7) is 1.94. The van der Waals surface area contributed by atoms with Crippen molar-refractivity contribution in [2.24, 2.45) is 0 Å². The van der Waals surface area contributed by atoms with E-state index >= 15 is 0 Å². The second kappa shape index (κ2) is 8.18. The van der Waals surface area contributed by atoms with Crippen molar-refractivity contribution in [1.29, 1.82) is 0 Å². The van der Waals surface area contributed by atoms with Gasteiger partial charge in [0.1, 0.15) is 0 Å². The van der Waals surface area contributed by atoms with Gasteiger partial charge in [0.05, 0.1) is 11.5 Å². The predicted octanol–water partition coefficient (Wildman–Crippen LogP) is 0.722. The Bertz CT molecular complexity index is 260. The Balaban J connectivity index is 3.72. The fourth-order valence-electron chi connectivity index (χ4n) is 0.940. The molecule has 0 aliphatic carbocycles. The van der Waals surface area contributed by atoms with E-state index in [4.69, 9.17) is 11.5 Å². The molecule has 0 heterocycles. The Morgan fingerprint density at radius 2 is 2.20 bits per heavy atom. The van der Waals surface area contributed by atoms with E-state index in [-0.39, 0.29) is 23.5 Å². The first-order valence-corrected chi connectivity index (χ1v) is 5.78. The standard InChI is InChI=1S/C10H15NO3S/c1-3-5-8(4-2)11-9(12)6-15-7-10(13)14/h1,8H,4-7H2,2H3,(H,11,12)(H,13,14). The van der Waals surface area contributed by atoms with E-state index in [0.717, 1.165) is 18.2 Å². The zero-order chi connectivity index (χ0) is 11.7. The fourth-order valence-corrected chi connectivity index (χ4v) is 1.49. The lowest BCUT2D eigenvalue weighted by Crippen LogP contribution is -2.35. The minimum Gasteiger partial charge on any atom is -0.481 e. The Hall–Kier alpha value is -1.15. The number of carbonyl (C=O) groups excluding carboxylic acids is 1. The largest absolute Gasteiger partial charge is 0.481 e. The Labute approximate surface area is 93.8 Å². The van der Waals surface area contributed by atoms with E-state index in [0.29, 0.717) is 6.42 Å². The van der Waals surface area contributed by atoms with Crippen molar-refractivity contribution in [1.82, 2.24) is 5.32 Å². The van der Waals surface area contributed by atoms with Gasteiger partial charge in [-0.3, -0.25) is 9.59 Å². The quantitative estimate of drug-likeness (QED) is 0.631. The lowest BCUT2D eigenvalue weighted by molar-refractivity contribution is -0.133. The van der Waals surface area contributed by atoms with E-state index in [1.54, 1.807) is 0 Å². The van der Waals surface area contributed by atoms with Crippen molar-refractivity contribution in [2.45, 2.75) is 25.8 Å². The molecule has 0 aliphatic heterocycles. The third kappa shape index (κ3) is 7.89. The van der Waals surface area contributed by atoms with Crippen LogP contribution in [0, 0.1) is 12.3 Å². The number of carbonyl (C=O) groups is 2. The molecular formula is C10H15NO3S. The van der Waals surface area contributed by atoms with Gasteiger partial charge in [0.15, 0.2) is 0 Å². The van der Waals surface area contributed by atoms with Gasteiger partial charge in [-0.2, -0.15) is 0 Å². The number of amides is 1. The molecule has 0 aromatic heterocycles. The summed E-state index contributed by atoms with van der Waals surface area (Å²) in [5, 5.41) is 11.1. The van der Waals surface area contributed by atoms with Gasteiger partial charge in [0, 0.05) is 12.5 Å². The molecule has 0 rings (SSSR count). The van der Waals surface area contributed by atoms with Crippen LogP contribution in [0.5, 0.6) is 0 Å². The molecule has 0 aliphatic rings. The third-order valence-electron chi connectivity index (χ3n) is 1.68. The van der Waals surface area contributed by atoms with E-state index < -0.39 is 5.97 Å². The maximum atomic E-state index is 11.3. The number of nitrogens with one attached hydrogen (secondary N) is 1. The van der Waals surface area contributed by atoms with Crippen LogP contribution in [-0.4, -0.2) is 34.5 Å².